The SMILES string of the molecule is COC1c2cccnc2CCC1C(C)C. The van der Waals surface area contributed by atoms with Gasteiger partial charge in [-0.1, -0.05) is 19.9 Å². The molecule has 1 aromatic heterocycles. The predicted molar refractivity (Wildman–Crippen MR) is 60.6 cm³/mol. The summed E-state index contributed by atoms with van der Waals surface area (Å²) in [5, 5.41) is 0. The second kappa shape index (κ2) is 4.31. The smallest absolute Gasteiger partial charge is 0.0869 e. The van der Waals surface area contributed by atoms with Crippen molar-refractivity contribution >= 4 is 0 Å². The molecule has 0 saturated carbocycles. The van der Waals surface area contributed by atoms with Gasteiger partial charge >= 0.3 is 0 Å². The van der Waals surface area contributed by atoms with E-state index in [0.717, 1.165) is 6.42 Å². The lowest BCUT2D eigenvalue weighted by molar-refractivity contribution is 0.0203. The number of pyridine rings is 1. The molecule has 0 amide bonds. The van der Waals surface area contributed by atoms with E-state index < -0.39 is 0 Å². The van der Waals surface area contributed by atoms with Crippen molar-refractivity contribution in [3.63, 3.8) is 0 Å². The van der Waals surface area contributed by atoms with Gasteiger partial charge in [-0.15, -0.1) is 0 Å². The van der Waals surface area contributed by atoms with Crippen LogP contribution in [0.25, 0.3) is 0 Å². The third kappa shape index (κ3) is 1.91. The van der Waals surface area contributed by atoms with Crippen molar-refractivity contribution < 1.29 is 4.74 Å². The molecule has 2 rings (SSSR count). The normalized spacial score (nSPS) is 25.3. The van der Waals surface area contributed by atoms with E-state index in [9.17, 15) is 0 Å². The summed E-state index contributed by atoms with van der Waals surface area (Å²) in [6.07, 6.45) is 4.41. The molecular formula is C13H19NO. The van der Waals surface area contributed by atoms with Crippen LogP contribution in [0.15, 0.2) is 18.3 Å². The first-order valence-corrected chi connectivity index (χ1v) is 5.70. The van der Waals surface area contributed by atoms with Gasteiger partial charge in [0.15, 0.2) is 0 Å². The number of methoxy groups -OCH3 is 1. The van der Waals surface area contributed by atoms with Gasteiger partial charge in [-0.05, 0) is 30.7 Å². The van der Waals surface area contributed by atoms with Gasteiger partial charge in [0.05, 0.1) is 6.10 Å². The van der Waals surface area contributed by atoms with E-state index in [2.05, 4.69) is 24.9 Å². The molecule has 2 atom stereocenters. The fourth-order valence-corrected chi connectivity index (χ4v) is 2.59. The zero-order chi connectivity index (χ0) is 10.8. The fourth-order valence-electron chi connectivity index (χ4n) is 2.59. The molecule has 0 spiro atoms. The van der Waals surface area contributed by atoms with Crippen molar-refractivity contribution in [2.45, 2.75) is 32.8 Å². The number of hydrogen-bond donors (Lipinski definition) is 0. The largest absolute Gasteiger partial charge is 0.376 e. The Labute approximate surface area is 91.7 Å². The fraction of sp³-hybridized carbons (Fsp3) is 0.615. The minimum absolute atomic E-state index is 0.238. The van der Waals surface area contributed by atoms with Crippen LogP contribution in [0.3, 0.4) is 0 Å². The molecule has 0 radical (unpaired) electrons. The molecule has 2 unspecified atom stereocenters. The summed E-state index contributed by atoms with van der Waals surface area (Å²) in [6.45, 7) is 4.55. The summed E-state index contributed by atoms with van der Waals surface area (Å²) in [5.41, 5.74) is 2.52. The number of rotatable bonds is 2. The lowest BCUT2D eigenvalue weighted by Crippen LogP contribution is -2.26. The summed E-state index contributed by atoms with van der Waals surface area (Å²) in [4.78, 5) is 4.43. The average Bonchev–Trinajstić information content (AvgIpc) is 2.27. The van der Waals surface area contributed by atoms with Crippen LogP contribution in [0, 0.1) is 11.8 Å². The van der Waals surface area contributed by atoms with Gasteiger partial charge in [0, 0.05) is 24.6 Å². The monoisotopic (exact) mass is 205 g/mol. The van der Waals surface area contributed by atoms with Crippen molar-refractivity contribution in [1.29, 1.82) is 0 Å². The maximum atomic E-state index is 5.65. The number of aryl methyl sites for hydroxylation is 1. The molecule has 15 heavy (non-hydrogen) atoms. The molecule has 0 aliphatic heterocycles. The Morgan fingerprint density at radius 1 is 1.47 bits per heavy atom. The highest BCUT2D eigenvalue weighted by Gasteiger charge is 2.31. The van der Waals surface area contributed by atoms with Crippen molar-refractivity contribution in [2.24, 2.45) is 11.8 Å². The standard InChI is InChI=1S/C13H19NO/c1-9(2)10-6-7-12-11(13(10)15-3)5-4-8-14-12/h4-5,8-10,13H,6-7H2,1-3H3. The molecule has 1 aliphatic carbocycles. The Kier molecular flexibility index (Phi) is 3.06. The third-order valence-electron chi connectivity index (χ3n) is 3.45. The summed E-state index contributed by atoms with van der Waals surface area (Å²) in [7, 11) is 1.81. The maximum absolute atomic E-state index is 5.65. The van der Waals surface area contributed by atoms with Gasteiger partial charge < -0.3 is 4.74 Å². The van der Waals surface area contributed by atoms with E-state index in [1.807, 2.05) is 19.4 Å². The number of hydrogen-bond acceptors (Lipinski definition) is 2. The molecule has 0 fully saturated rings. The molecule has 1 heterocycles. The molecule has 0 N–H and O–H groups in total. The van der Waals surface area contributed by atoms with E-state index in [1.54, 1.807) is 0 Å². The summed E-state index contributed by atoms with van der Waals surface area (Å²) in [6, 6.07) is 4.17. The Hall–Kier alpha value is -0.890. The molecule has 0 aromatic carbocycles. The maximum Gasteiger partial charge on any atom is 0.0869 e. The molecule has 0 saturated heterocycles. The first kappa shape index (κ1) is 10.6. The number of ether oxygens (including phenoxy) is 1. The van der Waals surface area contributed by atoms with E-state index in [-0.39, 0.29) is 6.10 Å². The first-order valence-electron chi connectivity index (χ1n) is 5.70. The molecular weight excluding hydrogens is 186 g/mol. The molecule has 2 heteroatoms. The second-order valence-corrected chi connectivity index (χ2v) is 4.64. The third-order valence-corrected chi connectivity index (χ3v) is 3.45. The van der Waals surface area contributed by atoms with Crippen LogP contribution < -0.4 is 0 Å². The Bertz CT molecular complexity index is 335. The van der Waals surface area contributed by atoms with E-state index in [0.29, 0.717) is 11.8 Å². The van der Waals surface area contributed by atoms with E-state index in [1.165, 1.54) is 17.7 Å². The number of fused-ring (bicyclic) bond motifs is 1. The van der Waals surface area contributed by atoms with Gasteiger partial charge in [0.2, 0.25) is 0 Å². The van der Waals surface area contributed by atoms with Crippen molar-refractivity contribution in [3.05, 3.63) is 29.6 Å². The van der Waals surface area contributed by atoms with Gasteiger partial charge in [-0.3, -0.25) is 4.98 Å². The van der Waals surface area contributed by atoms with E-state index >= 15 is 0 Å². The predicted octanol–water partition coefficient (Wildman–Crippen LogP) is 2.99. The molecule has 1 aromatic rings. The zero-order valence-corrected chi connectivity index (χ0v) is 9.73. The second-order valence-electron chi connectivity index (χ2n) is 4.64. The summed E-state index contributed by atoms with van der Waals surface area (Å²) >= 11 is 0. The van der Waals surface area contributed by atoms with Crippen LogP contribution in [0.1, 0.15) is 37.6 Å². The highest BCUT2D eigenvalue weighted by Crippen LogP contribution is 2.39. The van der Waals surface area contributed by atoms with Crippen molar-refractivity contribution in [3.8, 4) is 0 Å². The van der Waals surface area contributed by atoms with Crippen molar-refractivity contribution in [1.82, 2.24) is 4.98 Å². The van der Waals surface area contributed by atoms with Crippen LogP contribution in [0.4, 0.5) is 0 Å². The lowest BCUT2D eigenvalue weighted by atomic mass is 9.77. The van der Waals surface area contributed by atoms with Gasteiger partial charge in [-0.2, -0.15) is 0 Å². The average molecular weight is 205 g/mol. The highest BCUT2D eigenvalue weighted by atomic mass is 16.5. The first-order chi connectivity index (χ1) is 7.24. The molecule has 1 aliphatic rings. The van der Waals surface area contributed by atoms with Crippen LogP contribution in [0.2, 0.25) is 0 Å². The number of aromatic nitrogens is 1. The number of nitrogens with zero attached hydrogens (tertiary/aromatic N) is 1. The molecule has 82 valence electrons. The van der Waals surface area contributed by atoms with Gasteiger partial charge in [-0.25, -0.2) is 0 Å². The molecule has 2 nitrogen and oxygen atoms in total. The zero-order valence-electron chi connectivity index (χ0n) is 9.73. The Morgan fingerprint density at radius 3 is 2.93 bits per heavy atom. The van der Waals surface area contributed by atoms with Crippen LogP contribution in [-0.2, 0) is 11.2 Å². The van der Waals surface area contributed by atoms with Gasteiger partial charge in [0.25, 0.3) is 0 Å². The Balaban J connectivity index is 2.34. The van der Waals surface area contributed by atoms with Crippen molar-refractivity contribution in [2.75, 3.05) is 7.11 Å². The highest BCUT2D eigenvalue weighted by molar-refractivity contribution is 5.26. The van der Waals surface area contributed by atoms with Gasteiger partial charge in [0.1, 0.15) is 0 Å². The summed E-state index contributed by atoms with van der Waals surface area (Å²) < 4.78 is 5.65. The lowest BCUT2D eigenvalue weighted by Gasteiger charge is -2.34. The van der Waals surface area contributed by atoms with Crippen LogP contribution in [0.5, 0.6) is 0 Å². The minimum Gasteiger partial charge on any atom is -0.376 e. The quantitative estimate of drug-likeness (QED) is 0.740. The van der Waals surface area contributed by atoms with Crippen LogP contribution >= 0.6 is 0 Å². The Morgan fingerprint density at radius 2 is 2.27 bits per heavy atom. The van der Waals surface area contributed by atoms with E-state index in [4.69, 9.17) is 4.74 Å². The topological polar surface area (TPSA) is 22.1 Å². The summed E-state index contributed by atoms with van der Waals surface area (Å²) in [5.74, 6) is 1.30. The van der Waals surface area contributed by atoms with Crippen LogP contribution in [-0.4, -0.2) is 12.1 Å². The minimum atomic E-state index is 0.238. The molecule has 0 bridgehead atoms.